The summed E-state index contributed by atoms with van der Waals surface area (Å²) in [5.41, 5.74) is 2.42. The number of benzene rings is 2. The molecule has 2 aliphatic heterocycles. The third kappa shape index (κ3) is 10.5. The van der Waals surface area contributed by atoms with Gasteiger partial charge >= 0.3 is 6.09 Å². The Morgan fingerprint density at radius 2 is 1.66 bits per heavy atom. The second kappa shape index (κ2) is 19.6. The van der Waals surface area contributed by atoms with E-state index in [-0.39, 0.29) is 49.1 Å². The van der Waals surface area contributed by atoms with E-state index in [0.29, 0.717) is 69.0 Å². The summed E-state index contributed by atoms with van der Waals surface area (Å²) < 4.78 is 17.4. The van der Waals surface area contributed by atoms with Crippen molar-refractivity contribution >= 4 is 40.6 Å². The Balaban J connectivity index is 1.14. The van der Waals surface area contributed by atoms with Gasteiger partial charge in [0, 0.05) is 56.8 Å². The zero-order valence-corrected chi connectivity index (χ0v) is 32.5. The Bertz CT molecular complexity index is 1850. The number of aryl methyl sites for hydroxylation is 1. The number of carbonyl (C=O) groups excluding carboxylic acids is 5. The minimum absolute atomic E-state index is 0.0205. The number of piperazine rings is 1. The van der Waals surface area contributed by atoms with Gasteiger partial charge in [-0.3, -0.25) is 19.2 Å². The molecule has 300 valence electrons. The first-order chi connectivity index (χ1) is 27.2. The molecule has 14 heteroatoms. The maximum Gasteiger partial charge on any atom is 0.409 e. The Labute approximate surface area is 328 Å². The standard InChI is InChI=1S/C42H54N6O8/c1-3-4-23-55-42(53)47-21-19-46(20-22-47)41(52)33(17-24-54-27-30-10-6-5-7-11-30)45-39(50)35-26-37(32-16-15-29(2)25-34(32)44-35)56-28-38(49)48-18-9-14-36(48)40(51)43-31-12-8-13-31/h5-7,10-11,15-16,25-26,31,33,36H,3-4,8-9,12-14,17-24,27-28H2,1-2H3,(H,43,51)(H,45,50). The average molecular weight is 771 g/mol. The summed E-state index contributed by atoms with van der Waals surface area (Å²) in [6, 6.07) is 15.4. The van der Waals surface area contributed by atoms with Crippen molar-refractivity contribution in [1.29, 1.82) is 0 Å². The molecule has 0 spiro atoms. The van der Waals surface area contributed by atoms with E-state index >= 15 is 0 Å². The van der Waals surface area contributed by atoms with Gasteiger partial charge in [0.1, 0.15) is 23.5 Å². The second-order valence-electron chi connectivity index (χ2n) is 14.8. The van der Waals surface area contributed by atoms with Gasteiger partial charge in [-0.05, 0) is 75.1 Å². The Morgan fingerprint density at radius 1 is 0.893 bits per heavy atom. The van der Waals surface area contributed by atoms with E-state index in [9.17, 15) is 24.0 Å². The molecule has 0 bridgehead atoms. The number of fused-ring (bicyclic) bond motifs is 1. The molecule has 2 aromatic carbocycles. The highest BCUT2D eigenvalue weighted by Gasteiger charge is 2.36. The number of hydrogen-bond acceptors (Lipinski definition) is 9. The molecule has 1 aromatic heterocycles. The number of ether oxygens (including phenoxy) is 3. The van der Waals surface area contributed by atoms with Crippen molar-refractivity contribution in [3.63, 3.8) is 0 Å². The number of pyridine rings is 1. The Morgan fingerprint density at radius 3 is 2.39 bits per heavy atom. The topological polar surface area (TPSA) is 160 Å². The van der Waals surface area contributed by atoms with Crippen molar-refractivity contribution in [2.45, 2.75) is 89.9 Å². The summed E-state index contributed by atoms with van der Waals surface area (Å²) in [4.78, 5) is 76.4. The first kappa shape index (κ1) is 40.4. The summed E-state index contributed by atoms with van der Waals surface area (Å²) in [5.74, 6) is -1.02. The van der Waals surface area contributed by atoms with Gasteiger partial charge in [0.15, 0.2) is 6.61 Å². The summed E-state index contributed by atoms with van der Waals surface area (Å²) in [7, 11) is 0. The Hall–Kier alpha value is -5.24. The molecule has 2 N–H and O–H groups in total. The van der Waals surface area contributed by atoms with Crippen LogP contribution in [0.4, 0.5) is 4.79 Å². The van der Waals surface area contributed by atoms with Gasteiger partial charge in [0.05, 0.1) is 18.7 Å². The molecule has 56 heavy (non-hydrogen) atoms. The zero-order chi connectivity index (χ0) is 39.4. The smallest absolute Gasteiger partial charge is 0.409 e. The van der Waals surface area contributed by atoms with E-state index in [1.165, 1.54) is 6.07 Å². The number of unbranched alkanes of at least 4 members (excludes halogenated alkanes) is 1. The highest BCUT2D eigenvalue weighted by molar-refractivity contribution is 5.99. The molecule has 5 amide bonds. The van der Waals surface area contributed by atoms with Crippen LogP contribution in [-0.4, -0.2) is 120 Å². The van der Waals surface area contributed by atoms with Gasteiger partial charge in [0.25, 0.3) is 11.8 Å². The van der Waals surface area contributed by atoms with Crippen molar-refractivity contribution in [3.8, 4) is 5.75 Å². The van der Waals surface area contributed by atoms with E-state index in [1.807, 2.05) is 62.4 Å². The van der Waals surface area contributed by atoms with E-state index in [4.69, 9.17) is 14.2 Å². The van der Waals surface area contributed by atoms with Gasteiger partial charge in [-0.2, -0.15) is 0 Å². The molecule has 0 radical (unpaired) electrons. The highest BCUT2D eigenvalue weighted by atomic mass is 16.6. The van der Waals surface area contributed by atoms with Crippen LogP contribution >= 0.6 is 0 Å². The maximum atomic E-state index is 14.0. The number of nitrogens with zero attached hydrogens (tertiary/aromatic N) is 4. The summed E-state index contributed by atoms with van der Waals surface area (Å²) in [6.45, 7) is 6.20. The van der Waals surface area contributed by atoms with Crippen LogP contribution in [0.1, 0.15) is 79.9 Å². The molecule has 3 aliphatic rings. The van der Waals surface area contributed by atoms with Crippen LogP contribution in [0.2, 0.25) is 0 Å². The van der Waals surface area contributed by atoms with Crippen LogP contribution in [0.3, 0.4) is 0 Å². The molecule has 6 rings (SSSR count). The lowest BCUT2D eigenvalue weighted by Gasteiger charge is -2.36. The second-order valence-corrected chi connectivity index (χ2v) is 14.8. The van der Waals surface area contributed by atoms with Gasteiger partial charge < -0.3 is 39.5 Å². The van der Waals surface area contributed by atoms with Crippen molar-refractivity contribution in [1.82, 2.24) is 30.3 Å². The van der Waals surface area contributed by atoms with Crippen LogP contribution in [0.25, 0.3) is 10.9 Å². The highest BCUT2D eigenvalue weighted by Crippen LogP contribution is 2.28. The molecule has 3 aromatic rings. The van der Waals surface area contributed by atoms with E-state index in [0.717, 1.165) is 49.7 Å². The maximum absolute atomic E-state index is 14.0. The molecule has 14 nitrogen and oxygen atoms in total. The number of likely N-dealkylation sites (tertiary alicyclic amines) is 1. The van der Waals surface area contributed by atoms with Crippen molar-refractivity contribution < 1.29 is 38.2 Å². The monoisotopic (exact) mass is 770 g/mol. The molecule has 3 fully saturated rings. The van der Waals surface area contributed by atoms with Crippen LogP contribution < -0.4 is 15.4 Å². The fourth-order valence-electron chi connectivity index (χ4n) is 7.13. The lowest BCUT2D eigenvalue weighted by atomic mass is 9.93. The molecule has 3 heterocycles. The van der Waals surface area contributed by atoms with E-state index in [2.05, 4.69) is 15.6 Å². The summed E-state index contributed by atoms with van der Waals surface area (Å²) in [5, 5.41) is 6.59. The van der Waals surface area contributed by atoms with E-state index in [1.54, 1.807) is 14.7 Å². The van der Waals surface area contributed by atoms with Crippen molar-refractivity contribution in [2.24, 2.45) is 0 Å². The first-order valence-corrected chi connectivity index (χ1v) is 20.0. The minimum Gasteiger partial charge on any atom is -0.483 e. The largest absolute Gasteiger partial charge is 0.483 e. The number of aromatic nitrogens is 1. The number of carbonyl (C=O) groups is 5. The fraction of sp³-hybridized carbons (Fsp3) is 0.524. The van der Waals surface area contributed by atoms with Crippen molar-refractivity contribution in [3.05, 3.63) is 71.4 Å². The SMILES string of the molecule is CCCCOC(=O)N1CCN(C(=O)C(CCOCc2ccccc2)NC(=O)c2cc(OCC(=O)N3CCCC3C(=O)NC3CCC3)c3ccc(C)cc3n2)CC1. The number of rotatable bonds is 16. The fourth-order valence-corrected chi connectivity index (χ4v) is 7.13. The quantitative estimate of drug-likeness (QED) is 0.202. The molecular weight excluding hydrogens is 716 g/mol. The summed E-state index contributed by atoms with van der Waals surface area (Å²) >= 11 is 0. The van der Waals surface area contributed by atoms with Gasteiger partial charge in [-0.1, -0.05) is 49.7 Å². The predicted octanol–water partition coefficient (Wildman–Crippen LogP) is 4.37. The number of hydrogen-bond donors (Lipinski definition) is 2. The Kier molecular flexibility index (Phi) is 14.1. The third-order valence-corrected chi connectivity index (χ3v) is 10.7. The molecule has 2 unspecified atom stereocenters. The average Bonchev–Trinajstić information content (AvgIpc) is 3.70. The van der Waals surface area contributed by atoms with Gasteiger partial charge in [-0.15, -0.1) is 0 Å². The van der Waals surface area contributed by atoms with Gasteiger partial charge in [-0.25, -0.2) is 9.78 Å². The number of nitrogens with one attached hydrogen (secondary N) is 2. The first-order valence-electron chi connectivity index (χ1n) is 20.0. The van der Waals surface area contributed by atoms with E-state index < -0.39 is 24.1 Å². The van der Waals surface area contributed by atoms with Crippen LogP contribution in [0.15, 0.2) is 54.6 Å². The van der Waals surface area contributed by atoms with Crippen LogP contribution in [0, 0.1) is 6.92 Å². The van der Waals surface area contributed by atoms with Crippen molar-refractivity contribution in [2.75, 3.05) is 52.5 Å². The third-order valence-electron chi connectivity index (χ3n) is 10.7. The van der Waals surface area contributed by atoms with Crippen LogP contribution in [0.5, 0.6) is 5.75 Å². The number of amides is 5. The molecule has 1 saturated carbocycles. The van der Waals surface area contributed by atoms with Gasteiger partial charge in [0.2, 0.25) is 11.8 Å². The molecule has 2 saturated heterocycles. The predicted molar refractivity (Wildman–Crippen MR) is 209 cm³/mol. The molecular formula is C42H54N6O8. The zero-order valence-electron chi connectivity index (χ0n) is 32.5. The summed E-state index contributed by atoms with van der Waals surface area (Å²) in [6.07, 6.45) is 5.87. The lowest BCUT2D eigenvalue weighted by molar-refractivity contribution is -0.140. The van der Waals surface area contributed by atoms with Crippen LogP contribution in [-0.2, 0) is 30.5 Å². The molecule has 2 atom stereocenters. The molecule has 1 aliphatic carbocycles. The normalized spacial score (nSPS) is 17.6. The minimum atomic E-state index is -0.944. The lowest BCUT2D eigenvalue weighted by Crippen LogP contribution is -2.56.